The molecule has 0 radical (unpaired) electrons. The van der Waals surface area contributed by atoms with Crippen molar-refractivity contribution in [3.8, 4) is 0 Å². The van der Waals surface area contributed by atoms with E-state index in [1.165, 1.54) is 13.0 Å². The summed E-state index contributed by atoms with van der Waals surface area (Å²) in [4.78, 5) is 0. The van der Waals surface area contributed by atoms with Gasteiger partial charge in [-0.25, -0.2) is 4.39 Å². The number of benzene rings is 1. The fraction of sp³-hybridized carbons (Fsp3) is 0.250. The van der Waals surface area contributed by atoms with E-state index in [1.807, 2.05) is 0 Å². The van der Waals surface area contributed by atoms with Crippen molar-refractivity contribution in [3.05, 3.63) is 35.1 Å². The van der Waals surface area contributed by atoms with Crippen LogP contribution in [0.15, 0.2) is 18.2 Å². The Bertz CT molecular complexity index is 306. The standard InChI is InChI=1S/C8H8BF4/c1-6-4-8(10)3-2-7(6)5-9(11,12)13/h2-4H,5H2,1H3/q-1. The highest BCUT2D eigenvalue weighted by molar-refractivity contribution is 6.57. The molecule has 13 heavy (non-hydrogen) atoms. The molecule has 0 spiro atoms. The molecule has 5 heteroatoms. The van der Waals surface area contributed by atoms with Crippen LogP contribution in [0.5, 0.6) is 0 Å². The van der Waals surface area contributed by atoms with Gasteiger partial charge in [-0.1, -0.05) is 17.9 Å². The Morgan fingerprint density at radius 3 is 2.31 bits per heavy atom. The lowest BCUT2D eigenvalue weighted by Crippen LogP contribution is -2.19. The number of hydrogen-bond acceptors (Lipinski definition) is 0. The molecule has 0 heterocycles. The van der Waals surface area contributed by atoms with Gasteiger partial charge in [0.1, 0.15) is 5.82 Å². The Hall–Kier alpha value is -0.995. The molecule has 72 valence electrons. The van der Waals surface area contributed by atoms with Gasteiger partial charge in [0.2, 0.25) is 0 Å². The molecular weight excluding hydrogens is 183 g/mol. The van der Waals surface area contributed by atoms with Crippen molar-refractivity contribution in [1.29, 1.82) is 0 Å². The third-order valence-electron chi connectivity index (χ3n) is 1.76. The molecule has 0 aromatic heterocycles. The van der Waals surface area contributed by atoms with Crippen molar-refractivity contribution in [1.82, 2.24) is 0 Å². The van der Waals surface area contributed by atoms with Crippen LogP contribution in [0.2, 0.25) is 0 Å². The molecule has 1 aromatic carbocycles. The van der Waals surface area contributed by atoms with E-state index in [0.29, 0.717) is 5.56 Å². The van der Waals surface area contributed by atoms with Crippen molar-refractivity contribution in [2.24, 2.45) is 0 Å². The summed E-state index contributed by atoms with van der Waals surface area (Å²) in [5.74, 6) is -0.504. The molecule has 0 unspecified atom stereocenters. The van der Waals surface area contributed by atoms with Crippen LogP contribution in [-0.4, -0.2) is 6.98 Å². The van der Waals surface area contributed by atoms with E-state index in [2.05, 4.69) is 0 Å². The molecule has 0 amide bonds. The average Bonchev–Trinajstić information content (AvgIpc) is 1.93. The minimum atomic E-state index is -4.83. The van der Waals surface area contributed by atoms with E-state index in [4.69, 9.17) is 0 Å². The van der Waals surface area contributed by atoms with Gasteiger partial charge in [-0.3, -0.25) is 0 Å². The van der Waals surface area contributed by atoms with E-state index < -0.39 is 19.1 Å². The molecule has 1 rings (SSSR count). The Labute approximate surface area is 73.6 Å². The summed E-state index contributed by atoms with van der Waals surface area (Å²) in [7, 11) is 0. The molecule has 0 saturated carbocycles. The monoisotopic (exact) mass is 191 g/mol. The first-order valence-corrected chi connectivity index (χ1v) is 3.84. The fourth-order valence-corrected chi connectivity index (χ4v) is 1.14. The number of rotatable bonds is 2. The number of aryl methyl sites for hydroxylation is 1. The van der Waals surface area contributed by atoms with Crippen LogP contribution in [0.25, 0.3) is 0 Å². The second-order valence-electron chi connectivity index (χ2n) is 2.99. The molecule has 1 aromatic rings. The molecule has 0 fully saturated rings. The fourth-order valence-electron chi connectivity index (χ4n) is 1.14. The first-order chi connectivity index (χ1) is 5.88. The Kier molecular flexibility index (Phi) is 2.64. The molecule has 0 atom stereocenters. The predicted octanol–water partition coefficient (Wildman–Crippen LogP) is 3.06. The zero-order valence-corrected chi connectivity index (χ0v) is 7.03. The zero-order chi connectivity index (χ0) is 10.1. The second kappa shape index (κ2) is 3.40. The SMILES string of the molecule is Cc1cc(F)ccc1C[B-](F)(F)F. The van der Waals surface area contributed by atoms with E-state index >= 15 is 0 Å². The van der Waals surface area contributed by atoms with Crippen LogP contribution in [-0.2, 0) is 6.32 Å². The normalized spacial score (nSPS) is 11.8. The first-order valence-electron chi connectivity index (χ1n) is 3.84. The molecule has 0 aliphatic rings. The maximum Gasteiger partial charge on any atom is 0.482 e. The van der Waals surface area contributed by atoms with E-state index in [1.54, 1.807) is 0 Å². The summed E-state index contributed by atoms with van der Waals surface area (Å²) in [6.45, 7) is -3.36. The first kappa shape index (κ1) is 10.1. The van der Waals surface area contributed by atoms with Crippen molar-refractivity contribution in [3.63, 3.8) is 0 Å². The van der Waals surface area contributed by atoms with Gasteiger partial charge in [-0.05, 0) is 24.6 Å². The number of hydrogen-bond donors (Lipinski definition) is 0. The van der Waals surface area contributed by atoms with Gasteiger partial charge in [0, 0.05) is 0 Å². The van der Waals surface area contributed by atoms with Gasteiger partial charge in [0.25, 0.3) is 0 Å². The Balaban J connectivity index is 2.90. The summed E-state index contributed by atoms with van der Waals surface area (Å²) in [6.07, 6.45) is -0.938. The minimum absolute atomic E-state index is 0.147. The molecule has 0 saturated heterocycles. The van der Waals surface area contributed by atoms with Gasteiger partial charge in [0.05, 0.1) is 0 Å². The molecule has 0 aliphatic carbocycles. The Morgan fingerprint density at radius 1 is 1.23 bits per heavy atom. The van der Waals surface area contributed by atoms with E-state index in [9.17, 15) is 17.3 Å². The topological polar surface area (TPSA) is 0 Å². The van der Waals surface area contributed by atoms with Gasteiger partial charge < -0.3 is 12.9 Å². The number of halogens is 4. The van der Waals surface area contributed by atoms with Gasteiger partial charge >= 0.3 is 6.98 Å². The lowest BCUT2D eigenvalue weighted by atomic mass is 9.80. The van der Waals surface area contributed by atoms with Gasteiger partial charge in [0.15, 0.2) is 0 Å². The van der Waals surface area contributed by atoms with Crippen LogP contribution >= 0.6 is 0 Å². The highest BCUT2D eigenvalue weighted by Crippen LogP contribution is 2.19. The van der Waals surface area contributed by atoms with Gasteiger partial charge in [-0.15, -0.1) is 0 Å². The summed E-state index contributed by atoms with van der Waals surface area (Å²) in [5.41, 5.74) is 0.494. The molecule has 0 N–H and O–H groups in total. The average molecular weight is 191 g/mol. The molecule has 0 aliphatic heterocycles. The van der Waals surface area contributed by atoms with Gasteiger partial charge in [-0.2, -0.15) is 0 Å². The molecule has 0 nitrogen and oxygen atoms in total. The lowest BCUT2D eigenvalue weighted by molar-refractivity contribution is 0.468. The molecular formula is C8H8BF4-. The largest absolute Gasteiger partial charge is 0.482 e. The van der Waals surface area contributed by atoms with E-state index in [-0.39, 0.29) is 5.56 Å². The van der Waals surface area contributed by atoms with Crippen LogP contribution in [0.1, 0.15) is 11.1 Å². The summed E-state index contributed by atoms with van der Waals surface area (Å²) in [6, 6.07) is 3.33. The maximum atomic E-state index is 12.5. The third kappa shape index (κ3) is 3.09. The summed E-state index contributed by atoms with van der Waals surface area (Å²) < 4.78 is 48.5. The van der Waals surface area contributed by atoms with Crippen molar-refractivity contribution >= 4 is 6.98 Å². The van der Waals surface area contributed by atoms with Crippen molar-refractivity contribution < 1.29 is 17.3 Å². The van der Waals surface area contributed by atoms with Crippen LogP contribution in [0, 0.1) is 12.7 Å². The minimum Gasteiger partial charge on any atom is -0.449 e. The molecule has 0 bridgehead atoms. The lowest BCUT2D eigenvalue weighted by Gasteiger charge is -2.15. The van der Waals surface area contributed by atoms with E-state index in [0.717, 1.165) is 12.1 Å². The zero-order valence-electron chi connectivity index (χ0n) is 7.03. The smallest absolute Gasteiger partial charge is 0.449 e. The third-order valence-corrected chi connectivity index (χ3v) is 1.76. The summed E-state index contributed by atoms with van der Waals surface area (Å²) in [5, 5.41) is 0. The Morgan fingerprint density at radius 2 is 1.85 bits per heavy atom. The highest BCUT2D eigenvalue weighted by atomic mass is 19.4. The summed E-state index contributed by atoms with van der Waals surface area (Å²) >= 11 is 0. The van der Waals surface area contributed by atoms with Crippen LogP contribution in [0.3, 0.4) is 0 Å². The second-order valence-corrected chi connectivity index (χ2v) is 2.99. The van der Waals surface area contributed by atoms with Crippen molar-refractivity contribution in [2.75, 3.05) is 0 Å². The van der Waals surface area contributed by atoms with Crippen molar-refractivity contribution in [2.45, 2.75) is 13.2 Å². The van der Waals surface area contributed by atoms with Crippen LogP contribution in [0.4, 0.5) is 17.3 Å². The quantitative estimate of drug-likeness (QED) is 0.497. The maximum absolute atomic E-state index is 12.5. The predicted molar refractivity (Wildman–Crippen MR) is 43.9 cm³/mol. The highest BCUT2D eigenvalue weighted by Gasteiger charge is 2.23. The van der Waals surface area contributed by atoms with Crippen LogP contribution < -0.4 is 0 Å².